The number of carboxylic acid groups (broad SMARTS) is 1. The number of aromatic amines is 2. The van der Waals surface area contributed by atoms with Gasteiger partial charge in [-0.3, -0.25) is 14.8 Å². The number of aryl methyl sites for hydroxylation is 2. The Kier molecular flexibility index (Phi) is 9.56. The van der Waals surface area contributed by atoms with Crippen LogP contribution in [0.1, 0.15) is 29.2 Å². The first-order chi connectivity index (χ1) is 21.2. The zero-order valence-corrected chi connectivity index (χ0v) is 24.4. The molecule has 0 aliphatic carbocycles. The molecule has 0 saturated heterocycles. The number of anilines is 2. The molecule has 0 atom stereocenters. The number of carbonyl (C=O) groups is 2. The molecule has 0 unspecified atom stereocenters. The molecular weight excluding hydrogens is 568 g/mol. The standard InChI is InChI=1S/C14H14N6O2.C12H12N6.C2H4O2/c1-8-10(5-9(6-15)12-11(8)17-7-18-12)19-13-16-3-4-20(13)14(21)22-2;1-7-9(18-12-14-2-3-15-12)4-8(5-13)11-10(7)16-6-17-11;1-2(3)4/h5,7H,3-4H2,1-2H3,(H,16,19)(H,17,18);4,6H,2-3H2,1H3,(H,16,17)(H2,14,15,18);1H3,(H,3,4). The van der Waals surface area contributed by atoms with Crippen molar-refractivity contribution < 1.29 is 19.4 Å². The molecule has 4 heterocycles. The third-order valence-corrected chi connectivity index (χ3v) is 6.56. The largest absolute Gasteiger partial charge is 0.481 e. The van der Waals surface area contributed by atoms with Gasteiger partial charge in [-0.2, -0.15) is 10.5 Å². The summed E-state index contributed by atoms with van der Waals surface area (Å²) in [5, 5.41) is 35.3. The van der Waals surface area contributed by atoms with Crippen molar-refractivity contribution in [3.63, 3.8) is 0 Å². The number of aromatic nitrogens is 4. The maximum absolute atomic E-state index is 11.7. The highest BCUT2D eigenvalue weighted by Gasteiger charge is 2.25. The van der Waals surface area contributed by atoms with Gasteiger partial charge in [0.25, 0.3) is 5.97 Å². The summed E-state index contributed by atoms with van der Waals surface area (Å²) in [5.41, 5.74) is 7.48. The number of aliphatic imine (C=N–C) groups is 2. The van der Waals surface area contributed by atoms with Gasteiger partial charge >= 0.3 is 6.09 Å². The number of methoxy groups -OCH3 is 1. The van der Waals surface area contributed by atoms with Crippen LogP contribution >= 0.6 is 0 Å². The lowest BCUT2D eigenvalue weighted by Crippen LogP contribution is -2.38. The lowest BCUT2D eigenvalue weighted by Gasteiger charge is -2.18. The number of hydrogen-bond donors (Lipinski definition) is 6. The van der Waals surface area contributed by atoms with E-state index in [0.717, 1.165) is 53.8 Å². The predicted molar refractivity (Wildman–Crippen MR) is 163 cm³/mol. The van der Waals surface area contributed by atoms with Crippen molar-refractivity contribution in [3.05, 3.63) is 47.0 Å². The summed E-state index contributed by atoms with van der Waals surface area (Å²) in [6.45, 7) is 7.54. The topological polar surface area (TPSA) is 233 Å². The monoisotopic (exact) mass is 598 g/mol. The molecule has 6 N–H and O–H groups in total. The quantitative estimate of drug-likeness (QED) is 0.196. The number of benzene rings is 2. The number of fused-ring (bicyclic) bond motifs is 2. The number of rotatable bonds is 2. The number of nitriles is 2. The molecule has 1 amide bonds. The Morgan fingerprint density at radius 3 is 1.98 bits per heavy atom. The van der Waals surface area contributed by atoms with Crippen LogP contribution < -0.4 is 16.0 Å². The van der Waals surface area contributed by atoms with Gasteiger partial charge in [0, 0.05) is 36.0 Å². The number of carboxylic acids is 1. The molecule has 2 aliphatic heterocycles. The van der Waals surface area contributed by atoms with Gasteiger partial charge in [0.05, 0.1) is 72.6 Å². The summed E-state index contributed by atoms with van der Waals surface area (Å²) in [6, 6.07) is 7.85. The summed E-state index contributed by atoms with van der Waals surface area (Å²) in [7, 11) is 1.33. The van der Waals surface area contributed by atoms with Crippen molar-refractivity contribution >= 4 is 57.4 Å². The van der Waals surface area contributed by atoms with E-state index in [9.17, 15) is 10.1 Å². The highest BCUT2D eigenvalue weighted by Crippen LogP contribution is 2.28. The van der Waals surface area contributed by atoms with Crippen molar-refractivity contribution in [1.82, 2.24) is 30.2 Å². The summed E-state index contributed by atoms with van der Waals surface area (Å²) >= 11 is 0. The van der Waals surface area contributed by atoms with E-state index in [1.165, 1.54) is 12.0 Å². The van der Waals surface area contributed by atoms with Gasteiger partial charge < -0.3 is 35.8 Å². The molecule has 16 nitrogen and oxygen atoms in total. The maximum Gasteiger partial charge on any atom is 0.416 e. The minimum atomic E-state index is -0.833. The molecular formula is C28H30N12O4. The fourth-order valence-corrected chi connectivity index (χ4v) is 4.48. The molecule has 2 aromatic carbocycles. The lowest BCUT2D eigenvalue weighted by molar-refractivity contribution is -0.134. The Morgan fingerprint density at radius 1 is 0.955 bits per heavy atom. The van der Waals surface area contributed by atoms with Gasteiger partial charge in [-0.05, 0) is 26.0 Å². The summed E-state index contributed by atoms with van der Waals surface area (Å²) in [5.74, 6) is 0.325. The van der Waals surface area contributed by atoms with Gasteiger partial charge in [0.15, 0.2) is 5.96 Å². The summed E-state index contributed by atoms with van der Waals surface area (Å²) in [4.78, 5) is 45.1. The van der Waals surface area contributed by atoms with Crippen LogP contribution in [0.4, 0.5) is 16.2 Å². The Hall–Kier alpha value is -6.16. The van der Waals surface area contributed by atoms with Crippen molar-refractivity contribution in [2.24, 2.45) is 9.98 Å². The van der Waals surface area contributed by atoms with Crippen molar-refractivity contribution in [2.75, 3.05) is 43.9 Å². The first kappa shape index (κ1) is 30.8. The molecule has 6 rings (SSSR count). The number of carbonyl (C=O) groups excluding carboxylic acids is 1. The van der Waals surface area contributed by atoms with E-state index in [0.29, 0.717) is 46.9 Å². The summed E-state index contributed by atoms with van der Waals surface area (Å²) < 4.78 is 4.73. The molecule has 0 bridgehead atoms. The van der Waals surface area contributed by atoms with E-state index in [-0.39, 0.29) is 0 Å². The molecule has 16 heteroatoms. The van der Waals surface area contributed by atoms with E-state index in [4.69, 9.17) is 19.9 Å². The Bertz CT molecular complexity index is 1850. The fraction of sp³-hybridized carbons (Fsp3) is 0.286. The van der Waals surface area contributed by atoms with Crippen LogP contribution in [-0.4, -0.2) is 87.2 Å². The molecule has 44 heavy (non-hydrogen) atoms. The smallest absolute Gasteiger partial charge is 0.416 e. The molecule has 226 valence electrons. The number of ether oxygens (including phenoxy) is 1. The van der Waals surface area contributed by atoms with E-state index in [1.54, 1.807) is 18.7 Å². The van der Waals surface area contributed by atoms with Gasteiger partial charge in [-0.1, -0.05) is 0 Å². The number of guanidine groups is 2. The molecule has 0 radical (unpaired) electrons. The number of amides is 1. The zero-order chi connectivity index (χ0) is 31.8. The molecule has 4 aromatic rings. The molecule has 0 saturated carbocycles. The van der Waals surface area contributed by atoms with Crippen molar-refractivity contribution in [2.45, 2.75) is 20.8 Å². The van der Waals surface area contributed by atoms with E-state index in [2.05, 4.69) is 58.0 Å². The average molecular weight is 599 g/mol. The van der Waals surface area contributed by atoms with Crippen molar-refractivity contribution in [3.8, 4) is 12.1 Å². The van der Waals surface area contributed by atoms with Gasteiger partial charge in [-0.25, -0.2) is 19.7 Å². The Morgan fingerprint density at radius 2 is 1.50 bits per heavy atom. The summed E-state index contributed by atoms with van der Waals surface area (Å²) in [6.07, 6.45) is 2.69. The normalized spacial score (nSPS) is 13.3. The molecule has 2 aromatic heterocycles. The molecule has 0 spiro atoms. The van der Waals surface area contributed by atoms with Crippen LogP contribution in [0, 0.1) is 36.5 Å². The van der Waals surface area contributed by atoms with Crippen LogP contribution in [0.5, 0.6) is 0 Å². The van der Waals surface area contributed by atoms with E-state index >= 15 is 0 Å². The first-order valence-corrected chi connectivity index (χ1v) is 13.3. The predicted octanol–water partition coefficient (Wildman–Crippen LogP) is 2.80. The Balaban J connectivity index is 0.000000182. The third kappa shape index (κ3) is 6.66. The van der Waals surface area contributed by atoms with Crippen LogP contribution in [0.2, 0.25) is 0 Å². The lowest BCUT2D eigenvalue weighted by atomic mass is 10.1. The number of imidazole rings is 2. The average Bonchev–Trinajstić information content (AvgIpc) is 3.83. The zero-order valence-electron chi connectivity index (χ0n) is 24.4. The van der Waals surface area contributed by atoms with Gasteiger partial charge in [-0.15, -0.1) is 0 Å². The van der Waals surface area contributed by atoms with Crippen LogP contribution in [0.3, 0.4) is 0 Å². The highest BCUT2D eigenvalue weighted by atomic mass is 16.5. The number of aliphatic carboxylic acids is 1. The van der Waals surface area contributed by atoms with Crippen LogP contribution in [0.15, 0.2) is 34.8 Å². The van der Waals surface area contributed by atoms with Gasteiger partial charge in [0.1, 0.15) is 12.1 Å². The van der Waals surface area contributed by atoms with Crippen LogP contribution in [-0.2, 0) is 9.53 Å². The number of H-pyrrole nitrogens is 2. The molecule has 2 aliphatic rings. The minimum absolute atomic E-state index is 0.411. The first-order valence-electron chi connectivity index (χ1n) is 13.3. The second kappa shape index (κ2) is 13.7. The highest BCUT2D eigenvalue weighted by molar-refractivity contribution is 6.05. The number of nitrogens with zero attached hydrogens (tertiary/aromatic N) is 7. The SMILES string of the molecule is CC(=O)O.COC(=O)N1CCN=C1Nc1cc(C#N)c2[nH]cnc2c1C.Cc1c(NC2=NCCN2)cc(C#N)c2[nH]cnc12. The maximum atomic E-state index is 11.7. The second-order valence-electron chi connectivity index (χ2n) is 9.42. The third-order valence-electron chi connectivity index (χ3n) is 6.56. The van der Waals surface area contributed by atoms with Gasteiger partial charge in [0.2, 0.25) is 5.96 Å². The van der Waals surface area contributed by atoms with Crippen LogP contribution in [0.25, 0.3) is 22.1 Å². The number of hydrogen-bond acceptors (Lipinski definition) is 12. The van der Waals surface area contributed by atoms with E-state index < -0.39 is 12.1 Å². The van der Waals surface area contributed by atoms with E-state index in [1.807, 2.05) is 19.9 Å². The molecule has 0 fully saturated rings. The minimum Gasteiger partial charge on any atom is -0.481 e. The fourth-order valence-electron chi connectivity index (χ4n) is 4.48. The second-order valence-corrected chi connectivity index (χ2v) is 9.42. The van der Waals surface area contributed by atoms with Crippen molar-refractivity contribution in [1.29, 1.82) is 10.5 Å². The Labute approximate surface area is 251 Å². The number of nitrogens with one attached hydrogen (secondary N) is 5.